The predicted molar refractivity (Wildman–Crippen MR) is 77.7 cm³/mol. The van der Waals surface area contributed by atoms with Crippen LogP contribution in [0.1, 0.15) is 40.5 Å². The molecule has 0 aliphatic carbocycles. The number of methoxy groups -OCH3 is 1. The van der Waals surface area contributed by atoms with E-state index in [1.54, 1.807) is 7.11 Å². The van der Waals surface area contributed by atoms with Gasteiger partial charge in [-0.3, -0.25) is 4.79 Å². The third-order valence-corrected chi connectivity index (χ3v) is 8.87. The van der Waals surface area contributed by atoms with Crippen LogP contribution in [0.25, 0.3) is 0 Å². The summed E-state index contributed by atoms with van der Waals surface area (Å²) in [6.45, 7) is 13.0. The van der Waals surface area contributed by atoms with Crippen LogP contribution in [0, 0.1) is 0 Å². The van der Waals surface area contributed by atoms with Crippen molar-refractivity contribution in [3.05, 3.63) is 0 Å². The summed E-state index contributed by atoms with van der Waals surface area (Å²) in [5, 5.41) is 0.150. The first kappa shape index (κ1) is 16.7. The highest BCUT2D eigenvalue weighted by atomic mass is 28.4. The Bertz CT molecular complexity index is 322. The van der Waals surface area contributed by atoms with Gasteiger partial charge in [-0.15, -0.1) is 0 Å². The normalized spacial score (nSPS) is 27.0. The fraction of sp³-hybridized carbons (Fsp3) is 0.929. The number of cyclic esters (lactones) is 1. The average Bonchev–Trinajstić information content (AvgIpc) is 2.24. The summed E-state index contributed by atoms with van der Waals surface area (Å²) in [6.07, 6.45) is 0.771. The molecule has 19 heavy (non-hydrogen) atoms. The van der Waals surface area contributed by atoms with Gasteiger partial charge in [-0.2, -0.15) is 0 Å². The van der Waals surface area contributed by atoms with Crippen molar-refractivity contribution in [1.29, 1.82) is 0 Å². The highest BCUT2D eigenvalue weighted by Gasteiger charge is 2.42. The molecule has 0 aromatic rings. The van der Waals surface area contributed by atoms with Crippen molar-refractivity contribution in [3.8, 4) is 0 Å². The van der Waals surface area contributed by atoms with Gasteiger partial charge in [0.25, 0.3) is 0 Å². The highest BCUT2D eigenvalue weighted by molar-refractivity contribution is 6.74. The van der Waals surface area contributed by atoms with E-state index < -0.39 is 8.32 Å². The van der Waals surface area contributed by atoms with E-state index >= 15 is 0 Å². The van der Waals surface area contributed by atoms with E-state index in [2.05, 4.69) is 33.9 Å². The van der Waals surface area contributed by atoms with Crippen molar-refractivity contribution in [2.24, 2.45) is 0 Å². The Hall–Kier alpha value is -0.393. The SMILES string of the molecule is COC(C)[C@@H]1C[C@@H](O[Si](C)(C)C(C)(C)C)CC(=O)O1. The summed E-state index contributed by atoms with van der Waals surface area (Å²) < 4.78 is 16.9. The minimum absolute atomic E-state index is 0.0373. The highest BCUT2D eigenvalue weighted by Crippen LogP contribution is 2.39. The zero-order valence-electron chi connectivity index (χ0n) is 13.3. The number of carbonyl (C=O) groups is 1. The fourth-order valence-corrected chi connectivity index (χ4v) is 3.28. The van der Waals surface area contributed by atoms with E-state index in [0.717, 1.165) is 6.42 Å². The lowest BCUT2D eigenvalue weighted by Gasteiger charge is -2.41. The maximum Gasteiger partial charge on any atom is 0.308 e. The quantitative estimate of drug-likeness (QED) is 0.589. The summed E-state index contributed by atoms with van der Waals surface area (Å²) in [7, 11) is -0.209. The smallest absolute Gasteiger partial charge is 0.308 e. The van der Waals surface area contributed by atoms with Gasteiger partial charge in [0, 0.05) is 13.5 Å². The zero-order chi connectivity index (χ0) is 14.8. The van der Waals surface area contributed by atoms with Crippen LogP contribution in [0.5, 0.6) is 0 Å². The molecule has 5 heteroatoms. The first-order valence-corrected chi connectivity index (χ1v) is 9.87. The second kappa shape index (κ2) is 5.93. The molecule has 0 saturated carbocycles. The Morgan fingerprint density at radius 3 is 2.42 bits per heavy atom. The van der Waals surface area contributed by atoms with Gasteiger partial charge in [0.2, 0.25) is 0 Å². The Morgan fingerprint density at radius 1 is 1.37 bits per heavy atom. The Balaban J connectivity index is 2.71. The molecule has 1 rings (SSSR count). The molecule has 112 valence electrons. The minimum Gasteiger partial charge on any atom is -0.459 e. The van der Waals surface area contributed by atoms with E-state index in [9.17, 15) is 4.79 Å². The number of esters is 1. The van der Waals surface area contributed by atoms with Crippen molar-refractivity contribution >= 4 is 14.3 Å². The molecule has 1 saturated heterocycles. The molecule has 1 fully saturated rings. The Morgan fingerprint density at radius 2 is 1.95 bits per heavy atom. The van der Waals surface area contributed by atoms with E-state index in [1.165, 1.54) is 0 Å². The number of hydrogen-bond donors (Lipinski definition) is 0. The number of hydrogen-bond acceptors (Lipinski definition) is 4. The monoisotopic (exact) mass is 288 g/mol. The molecule has 0 aromatic heterocycles. The predicted octanol–water partition coefficient (Wildman–Crippen LogP) is 3.12. The minimum atomic E-state index is -1.85. The summed E-state index contributed by atoms with van der Waals surface area (Å²) in [6, 6.07) is 0. The molecular formula is C14H28O4Si. The lowest BCUT2D eigenvalue weighted by atomic mass is 10.0. The number of ether oxygens (including phenoxy) is 2. The van der Waals surface area contributed by atoms with Crippen molar-refractivity contribution in [3.63, 3.8) is 0 Å². The van der Waals surface area contributed by atoms with Gasteiger partial charge in [0.1, 0.15) is 6.10 Å². The van der Waals surface area contributed by atoms with Crippen LogP contribution in [0.15, 0.2) is 0 Å². The maximum absolute atomic E-state index is 11.7. The van der Waals surface area contributed by atoms with Crippen LogP contribution >= 0.6 is 0 Å². The van der Waals surface area contributed by atoms with E-state index in [4.69, 9.17) is 13.9 Å². The summed E-state index contributed by atoms with van der Waals surface area (Å²) >= 11 is 0. The molecule has 1 aliphatic rings. The standard InChI is InChI=1S/C14H28O4Si/c1-10(16-5)12-8-11(9-13(15)17-12)18-19(6,7)14(2,3)4/h10-12H,8-9H2,1-7H3/t10?,11-,12+/m1/s1. The lowest BCUT2D eigenvalue weighted by molar-refractivity contribution is -0.168. The second-order valence-corrected chi connectivity index (χ2v) is 11.7. The molecule has 0 N–H and O–H groups in total. The largest absolute Gasteiger partial charge is 0.459 e. The van der Waals surface area contributed by atoms with Gasteiger partial charge in [-0.25, -0.2) is 0 Å². The topological polar surface area (TPSA) is 44.8 Å². The molecule has 0 bridgehead atoms. The van der Waals surface area contributed by atoms with Gasteiger partial charge >= 0.3 is 5.97 Å². The second-order valence-electron chi connectivity index (χ2n) is 6.91. The van der Waals surface area contributed by atoms with Crippen LogP contribution in [-0.4, -0.2) is 39.7 Å². The van der Waals surface area contributed by atoms with Crippen LogP contribution in [-0.2, 0) is 18.7 Å². The molecular weight excluding hydrogens is 260 g/mol. The van der Waals surface area contributed by atoms with E-state index in [1.807, 2.05) is 6.92 Å². The van der Waals surface area contributed by atoms with Crippen LogP contribution < -0.4 is 0 Å². The zero-order valence-corrected chi connectivity index (χ0v) is 14.3. The number of rotatable bonds is 4. The number of carbonyl (C=O) groups excluding carboxylic acids is 1. The Labute approximate surface area is 117 Å². The molecule has 1 aliphatic heterocycles. The molecule has 3 atom stereocenters. The Kier molecular flexibility index (Phi) is 5.20. The molecule has 0 aromatic carbocycles. The van der Waals surface area contributed by atoms with Gasteiger partial charge in [0.15, 0.2) is 8.32 Å². The molecule has 0 spiro atoms. The van der Waals surface area contributed by atoms with Crippen molar-refractivity contribution in [2.75, 3.05) is 7.11 Å². The van der Waals surface area contributed by atoms with Crippen LogP contribution in [0.4, 0.5) is 0 Å². The van der Waals surface area contributed by atoms with Crippen molar-refractivity contribution in [1.82, 2.24) is 0 Å². The van der Waals surface area contributed by atoms with Crippen LogP contribution in [0.2, 0.25) is 18.1 Å². The van der Waals surface area contributed by atoms with E-state index in [0.29, 0.717) is 6.42 Å². The third kappa shape index (κ3) is 4.29. The molecule has 4 nitrogen and oxygen atoms in total. The van der Waals surface area contributed by atoms with Gasteiger partial charge < -0.3 is 13.9 Å². The van der Waals surface area contributed by atoms with Crippen LogP contribution in [0.3, 0.4) is 0 Å². The van der Waals surface area contributed by atoms with Crippen molar-refractivity contribution in [2.45, 2.75) is 77.0 Å². The van der Waals surface area contributed by atoms with Gasteiger partial charge in [-0.1, -0.05) is 20.8 Å². The molecule has 1 heterocycles. The summed E-state index contributed by atoms with van der Waals surface area (Å²) in [5.74, 6) is -0.177. The molecule has 1 unspecified atom stereocenters. The third-order valence-electron chi connectivity index (χ3n) is 4.34. The van der Waals surface area contributed by atoms with E-state index in [-0.39, 0.29) is 29.3 Å². The summed E-state index contributed by atoms with van der Waals surface area (Å²) in [4.78, 5) is 11.7. The summed E-state index contributed by atoms with van der Waals surface area (Å²) in [5.41, 5.74) is 0. The van der Waals surface area contributed by atoms with Gasteiger partial charge in [0.05, 0.1) is 18.6 Å². The van der Waals surface area contributed by atoms with Gasteiger partial charge in [-0.05, 0) is 25.1 Å². The lowest BCUT2D eigenvalue weighted by Crippen LogP contribution is -2.48. The first-order chi connectivity index (χ1) is 8.56. The fourth-order valence-electron chi connectivity index (χ4n) is 1.92. The average molecular weight is 288 g/mol. The first-order valence-electron chi connectivity index (χ1n) is 6.97. The molecule has 0 amide bonds. The van der Waals surface area contributed by atoms with Crippen molar-refractivity contribution < 1.29 is 18.7 Å². The maximum atomic E-state index is 11.7. The molecule has 0 radical (unpaired) electrons.